The van der Waals surface area contributed by atoms with Gasteiger partial charge in [-0.25, -0.2) is 0 Å². The lowest BCUT2D eigenvalue weighted by Crippen LogP contribution is -2.57. The van der Waals surface area contributed by atoms with Gasteiger partial charge in [0.15, 0.2) is 11.5 Å². The Balaban J connectivity index is 1.56. The van der Waals surface area contributed by atoms with Gasteiger partial charge in [-0.05, 0) is 49.7 Å². The van der Waals surface area contributed by atoms with E-state index in [1.807, 2.05) is 13.0 Å². The molecule has 1 atom stereocenters. The molecule has 0 unspecified atom stereocenters. The predicted molar refractivity (Wildman–Crippen MR) is 102 cm³/mol. The smallest absolute Gasteiger partial charge is 0.254 e. The molecule has 0 aromatic heterocycles. The molecule has 4 rings (SSSR count). The average Bonchev–Trinajstić information content (AvgIpc) is 3.13. The predicted octanol–water partition coefficient (Wildman–Crippen LogP) is 3.25. The van der Waals surface area contributed by atoms with Gasteiger partial charge < -0.3 is 19.3 Å². The van der Waals surface area contributed by atoms with Crippen molar-refractivity contribution in [2.45, 2.75) is 19.9 Å². The molecule has 0 radical (unpaired) electrons. The van der Waals surface area contributed by atoms with Gasteiger partial charge >= 0.3 is 0 Å². The van der Waals surface area contributed by atoms with Crippen LogP contribution in [0.5, 0.6) is 11.5 Å². The van der Waals surface area contributed by atoms with Crippen LogP contribution in [0, 0.1) is 6.92 Å². The third-order valence-corrected chi connectivity index (χ3v) is 5.23. The van der Waals surface area contributed by atoms with E-state index in [0.29, 0.717) is 35.2 Å². The van der Waals surface area contributed by atoms with Crippen LogP contribution in [0.2, 0.25) is 5.02 Å². The molecule has 1 fully saturated rings. The molecule has 2 aliphatic heterocycles. The standard InChI is InChI=1S/C20H19ClN2O4/c1-12-3-5-15(21)10-16(12)23-8-7-22(13(2)19(23)24)20(25)14-4-6-17-18(9-14)27-11-26-17/h3-6,9-10,13H,7-8,11H2,1-2H3/t13-/m1/s1. The Morgan fingerprint density at radius 1 is 1.11 bits per heavy atom. The summed E-state index contributed by atoms with van der Waals surface area (Å²) in [5.74, 6) is 0.849. The van der Waals surface area contributed by atoms with E-state index in [-0.39, 0.29) is 18.6 Å². The maximum atomic E-state index is 13.0. The van der Waals surface area contributed by atoms with E-state index in [1.54, 1.807) is 47.1 Å². The second kappa shape index (κ2) is 6.78. The highest BCUT2D eigenvalue weighted by molar-refractivity contribution is 6.31. The zero-order chi connectivity index (χ0) is 19.1. The fourth-order valence-corrected chi connectivity index (χ4v) is 3.62. The number of hydrogen-bond donors (Lipinski definition) is 0. The van der Waals surface area contributed by atoms with Crippen LogP contribution in [-0.2, 0) is 4.79 Å². The minimum Gasteiger partial charge on any atom is -0.454 e. The molecule has 0 N–H and O–H groups in total. The Morgan fingerprint density at radius 2 is 1.89 bits per heavy atom. The van der Waals surface area contributed by atoms with Gasteiger partial charge in [0.1, 0.15) is 6.04 Å². The van der Waals surface area contributed by atoms with E-state index in [0.717, 1.165) is 11.3 Å². The summed E-state index contributed by atoms with van der Waals surface area (Å²) in [6.07, 6.45) is 0. The lowest BCUT2D eigenvalue weighted by Gasteiger charge is -2.39. The summed E-state index contributed by atoms with van der Waals surface area (Å²) in [5, 5.41) is 0.579. The fourth-order valence-electron chi connectivity index (χ4n) is 3.46. The van der Waals surface area contributed by atoms with Crippen molar-refractivity contribution in [1.82, 2.24) is 4.90 Å². The molecule has 0 saturated carbocycles. The summed E-state index contributed by atoms with van der Waals surface area (Å²) in [6.45, 7) is 4.69. The van der Waals surface area contributed by atoms with Gasteiger partial charge in [-0.3, -0.25) is 9.59 Å². The van der Waals surface area contributed by atoms with Crippen LogP contribution >= 0.6 is 11.6 Å². The Hall–Kier alpha value is -2.73. The molecule has 2 aliphatic rings. The second-order valence-corrected chi connectivity index (χ2v) is 7.10. The highest BCUT2D eigenvalue weighted by Gasteiger charge is 2.36. The maximum absolute atomic E-state index is 13.0. The van der Waals surface area contributed by atoms with Crippen molar-refractivity contribution in [3.05, 3.63) is 52.5 Å². The van der Waals surface area contributed by atoms with Crippen molar-refractivity contribution in [3.8, 4) is 11.5 Å². The van der Waals surface area contributed by atoms with E-state index in [4.69, 9.17) is 21.1 Å². The summed E-state index contributed by atoms with van der Waals surface area (Å²) in [6, 6.07) is 9.98. The Morgan fingerprint density at radius 3 is 2.70 bits per heavy atom. The molecule has 140 valence electrons. The number of anilines is 1. The Labute approximate surface area is 162 Å². The molecule has 6 nitrogen and oxygen atoms in total. The number of carbonyl (C=O) groups is 2. The maximum Gasteiger partial charge on any atom is 0.254 e. The average molecular weight is 387 g/mol. The monoisotopic (exact) mass is 386 g/mol. The molecule has 7 heteroatoms. The number of fused-ring (bicyclic) bond motifs is 1. The molecule has 2 aromatic carbocycles. The van der Waals surface area contributed by atoms with Crippen LogP contribution < -0.4 is 14.4 Å². The van der Waals surface area contributed by atoms with E-state index < -0.39 is 6.04 Å². The number of piperazine rings is 1. The van der Waals surface area contributed by atoms with Gasteiger partial charge in [-0.2, -0.15) is 0 Å². The molecule has 1 saturated heterocycles. The first-order valence-corrected chi connectivity index (χ1v) is 9.11. The van der Waals surface area contributed by atoms with Crippen molar-refractivity contribution in [1.29, 1.82) is 0 Å². The van der Waals surface area contributed by atoms with Crippen LogP contribution in [-0.4, -0.2) is 42.6 Å². The molecular weight excluding hydrogens is 368 g/mol. The molecule has 2 heterocycles. The van der Waals surface area contributed by atoms with E-state index >= 15 is 0 Å². The number of nitrogens with zero attached hydrogens (tertiary/aromatic N) is 2. The summed E-state index contributed by atoms with van der Waals surface area (Å²) in [4.78, 5) is 29.2. The van der Waals surface area contributed by atoms with Crippen molar-refractivity contribution >= 4 is 29.1 Å². The highest BCUT2D eigenvalue weighted by atomic mass is 35.5. The van der Waals surface area contributed by atoms with Gasteiger partial charge in [-0.15, -0.1) is 0 Å². The van der Waals surface area contributed by atoms with Crippen molar-refractivity contribution < 1.29 is 19.1 Å². The van der Waals surface area contributed by atoms with Gasteiger partial charge in [-0.1, -0.05) is 17.7 Å². The van der Waals surface area contributed by atoms with Gasteiger partial charge in [0.2, 0.25) is 12.7 Å². The quantitative estimate of drug-likeness (QED) is 0.795. The molecular formula is C20H19ClN2O4. The zero-order valence-electron chi connectivity index (χ0n) is 15.1. The third-order valence-electron chi connectivity index (χ3n) is 5.00. The van der Waals surface area contributed by atoms with E-state index in [2.05, 4.69) is 0 Å². The lowest BCUT2D eigenvalue weighted by molar-refractivity contribution is -0.124. The topological polar surface area (TPSA) is 59.1 Å². The van der Waals surface area contributed by atoms with Crippen LogP contribution in [0.3, 0.4) is 0 Å². The normalized spacial score (nSPS) is 18.8. The number of amides is 2. The van der Waals surface area contributed by atoms with E-state index in [9.17, 15) is 9.59 Å². The van der Waals surface area contributed by atoms with Crippen molar-refractivity contribution in [2.75, 3.05) is 24.8 Å². The summed E-state index contributed by atoms with van der Waals surface area (Å²) < 4.78 is 10.6. The molecule has 0 spiro atoms. The van der Waals surface area contributed by atoms with Crippen LogP contribution in [0.25, 0.3) is 0 Å². The first kappa shape index (κ1) is 17.7. The Bertz CT molecular complexity index is 930. The van der Waals surface area contributed by atoms with Crippen LogP contribution in [0.15, 0.2) is 36.4 Å². The molecule has 0 bridgehead atoms. The van der Waals surface area contributed by atoms with Gasteiger partial charge in [0, 0.05) is 29.4 Å². The first-order chi connectivity index (χ1) is 13.0. The summed E-state index contributed by atoms with van der Waals surface area (Å²) in [7, 11) is 0. The van der Waals surface area contributed by atoms with E-state index in [1.165, 1.54) is 0 Å². The number of rotatable bonds is 2. The molecule has 0 aliphatic carbocycles. The third kappa shape index (κ3) is 3.10. The number of aryl methyl sites for hydroxylation is 1. The number of carbonyl (C=O) groups excluding carboxylic acids is 2. The fraction of sp³-hybridized carbons (Fsp3) is 0.300. The minimum atomic E-state index is -0.574. The second-order valence-electron chi connectivity index (χ2n) is 6.66. The van der Waals surface area contributed by atoms with Crippen LogP contribution in [0.1, 0.15) is 22.8 Å². The summed E-state index contributed by atoms with van der Waals surface area (Å²) in [5.41, 5.74) is 2.23. The minimum absolute atomic E-state index is 0.124. The zero-order valence-corrected chi connectivity index (χ0v) is 15.8. The Kier molecular flexibility index (Phi) is 4.44. The van der Waals surface area contributed by atoms with Gasteiger partial charge in [0.25, 0.3) is 5.91 Å². The highest BCUT2D eigenvalue weighted by Crippen LogP contribution is 2.33. The number of ether oxygens (including phenoxy) is 2. The molecule has 2 amide bonds. The largest absolute Gasteiger partial charge is 0.454 e. The molecule has 2 aromatic rings. The lowest BCUT2D eigenvalue weighted by atomic mass is 10.1. The summed E-state index contributed by atoms with van der Waals surface area (Å²) >= 11 is 6.10. The molecule has 27 heavy (non-hydrogen) atoms. The number of hydrogen-bond acceptors (Lipinski definition) is 4. The number of halogens is 1. The van der Waals surface area contributed by atoms with Crippen molar-refractivity contribution in [3.63, 3.8) is 0 Å². The SMILES string of the molecule is Cc1ccc(Cl)cc1N1CCN(C(=O)c2ccc3c(c2)OCO3)[C@H](C)C1=O. The first-order valence-electron chi connectivity index (χ1n) is 8.74. The van der Waals surface area contributed by atoms with Crippen LogP contribution in [0.4, 0.5) is 5.69 Å². The van der Waals surface area contributed by atoms with Crippen molar-refractivity contribution in [2.24, 2.45) is 0 Å². The van der Waals surface area contributed by atoms with Gasteiger partial charge in [0.05, 0.1) is 0 Å². The number of benzene rings is 2.